The molecule has 19 heavy (non-hydrogen) atoms. The molecule has 0 N–H and O–H groups in total. The summed E-state index contributed by atoms with van der Waals surface area (Å²) < 4.78 is 12.0. The van der Waals surface area contributed by atoms with Crippen LogP contribution in [0.5, 0.6) is 11.5 Å². The molecule has 1 aromatic heterocycles. The van der Waals surface area contributed by atoms with Crippen LogP contribution >= 0.6 is 11.3 Å². The van der Waals surface area contributed by atoms with Crippen molar-refractivity contribution in [3.05, 3.63) is 42.5 Å². The number of hydrogen-bond acceptors (Lipinski definition) is 4. The van der Waals surface area contributed by atoms with E-state index in [1.54, 1.807) is 25.6 Å². The lowest BCUT2D eigenvalue weighted by Crippen LogP contribution is -1.92. The maximum absolute atomic E-state index is 5.42. The van der Waals surface area contributed by atoms with Gasteiger partial charge in [0.05, 0.1) is 30.0 Å². The fraction of sp³-hybridized carbons (Fsp3) is 0.133. The highest BCUT2D eigenvalue weighted by Crippen LogP contribution is 2.41. The predicted molar refractivity (Wildman–Crippen MR) is 78.2 cm³/mol. The van der Waals surface area contributed by atoms with Crippen LogP contribution in [0.4, 0.5) is 0 Å². The van der Waals surface area contributed by atoms with Crippen molar-refractivity contribution in [3.63, 3.8) is 0 Å². The third-order valence-corrected chi connectivity index (χ3v) is 3.99. The SMILES string of the molecule is COc1cccc(OC)c1-c1nc2ccccc2s1. The molecule has 0 saturated heterocycles. The van der Waals surface area contributed by atoms with Gasteiger partial charge in [0.15, 0.2) is 0 Å². The molecule has 0 aliphatic heterocycles. The zero-order valence-corrected chi connectivity index (χ0v) is 11.5. The Labute approximate surface area is 115 Å². The van der Waals surface area contributed by atoms with E-state index < -0.39 is 0 Å². The lowest BCUT2D eigenvalue weighted by Gasteiger charge is -2.10. The van der Waals surface area contributed by atoms with Gasteiger partial charge in [-0.2, -0.15) is 0 Å². The monoisotopic (exact) mass is 271 g/mol. The highest BCUT2D eigenvalue weighted by molar-refractivity contribution is 7.21. The van der Waals surface area contributed by atoms with Gasteiger partial charge in [0, 0.05) is 0 Å². The van der Waals surface area contributed by atoms with E-state index in [2.05, 4.69) is 11.1 Å². The van der Waals surface area contributed by atoms with Crippen LogP contribution in [0.25, 0.3) is 20.8 Å². The van der Waals surface area contributed by atoms with Gasteiger partial charge in [-0.25, -0.2) is 4.98 Å². The van der Waals surface area contributed by atoms with Gasteiger partial charge >= 0.3 is 0 Å². The van der Waals surface area contributed by atoms with Crippen molar-refractivity contribution in [2.45, 2.75) is 0 Å². The number of para-hydroxylation sites is 1. The largest absolute Gasteiger partial charge is 0.496 e. The number of rotatable bonds is 3. The number of thiazole rings is 1. The molecule has 96 valence electrons. The molecular formula is C15H13NO2S. The minimum Gasteiger partial charge on any atom is -0.496 e. The first kappa shape index (κ1) is 12.0. The van der Waals surface area contributed by atoms with E-state index in [0.29, 0.717) is 0 Å². The normalized spacial score (nSPS) is 10.6. The molecule has 3 rings (SSSR count). The quantitative estimate of drug-likeness (QED) is 0.722. The second kappa shape index (κ2) is 4.90. The van der Waals surface area contributed by atoms with Crippen molar-refractivity contribution in [3.8, 4) is 22.1 Å². The molecule has 1 heterocycles. The molecule has 0 aliphatic rings. The second-order valence-electron chi connectivity index (χ2n) is 4.02. The van der Waals surface area contributed by atoms with Crippen LogP contribution < -0.4 is 9.47 Å². The highest BCUT2D eigenvalue weighted by Gasteiger charge is 2.16. The summed E-state index contributed by atoms with van der Waals surface area (Å²) in [5.41, 5.74) is 1.91. The Morgan fingerprint density at radius 3 is 2.21 bits per heavy atom. The van der Waals surface area contributed by atoms with E-state index in [9.17, 15) is 0 Å². The number of benzene rings is 2. The summed E-state index contributed by atoms with van der Waals surface area (Å²) in [6, 6.07) is 13.8. The first-order valence-electron chi connectivity index (χ1n) is 5.90. The van der Waals surface area contributed by atoms with Crippen molar-refractivity contribution < 1.29 is 9.47 Å². The van der Waals surface area contributed by atoms with Gasteiger partial charge in [0.25, 0.3) is 0 Å². The minimum absolute atomic E-state index is 0.776. The van der Waals surface area contributed by atoms with E-state index in [1.165, 1.54) is 0 Å². The van der Waals surface area contributed by atoms with E-state index in [1.807, 2.05) is 36.4 Å². The molecule has 0 radical (unpaired) electrons. The maximum atomic E-state index is 5.42. The molecular weight excluding hydrogens is 258 g/mol. The van der Waals surface area contributed by atoms with Crippen LogP contribution in [0.15, 0.2) is 42.5 Å². The maximum Gasteiger partial charge on any atom is 0.132 e. The molecule has 4 heteroatoms. The van der Waals surface area contributed by atoms with Crippen LogP contribution in [0.2, 0.25) is 0 Å². The van der Waals surface area contributed by atoms with Gasteiger partial charge < -0.3 is 9.47 Å². The lowest BCUT2D eigenvalue weighted by molar-refractivity contribution is 0.397. The third-order valence-electron chi connectivity index (χ3n) is 2.94. The van der Waals surface area contributed by atoms with Crippen LogP contribution in [0.1, 0.15) is 0 Å². The predicted octanol–water partition coefficient (Wildman–Crippen LogP) is 3.98. The Hall–Kier alpha value is -2.07. The number of fused-ring (bicyclic) bond motifs is 1. The fourth-order valence-electron chi connectivity index (χ4n) is 2.04. The van der Waals surface area contributed by atoms with Gasteiger partial charge in [0.2, 0.25) is 0 Å². The summed E-state index contributed by atoms with van der Waals surface area (Å²) in [7, 11) is 3.32. The average molecular weight is 271 g/mol. The zero-order chi connectivity index (χ0) is 13.2. The van der Waals surface area contributed by atoms with Gasteiger partial charge in [-0.3, -0.25) is 0 Å². The molecule has 0 bridgehead atoms. The molecule has 0 atom stereocenters. The Morgan fingerprint density at radius 1 is 0.895 bits per heavy atom. The average Bonchev–Trinajstić information content (AvgIpc) is 2.89. The molecule has 0 spiro atoms. The van der Waals surface area contributed by atoms with Crippen molar-refractivity contribution in [2.24, 2.45) is 0 Å². The highest BCUT2D eigenvalue weighted by atomic mass is 32.1. The molecule has 0 saturated carbocycles. The second-order valence-corrected chi connectivity index (χ2v) is 5.05. The van der Waals surface area contributed by atoms with Crippen LogP contribution in [-0.4, -0.2) is 19.2 Å². The van der Waals surface area contributed by atoms with Crippen molar-refractivity contribution in [1.82, 2.24) is 4.98 Å². The summed E-state index contributed by atoms with van der Waals surface area (Å²) >= 11 is 1.64. The molecule has 0 amide bonds. The molecule has 2 aromatic carbocycles. The fourth-order valence-corrected chi connectivity index (χ4v) is 3.06. The summed E-state index contributed by atoms with van der Waals surface area (Å²) in [4.78, 5) is 4.66. The molecule has 3 nitrogen and oxygen atoms in total. The van der Waals surface area contributed by atoms with Gasteiger partial charge in [-0.05, 0) is 24.3 Å². The van der Waals surface area contributed by atoms with Gasteiger partial charge in [-0.1, -0.05) is 18.2 Å². The van der Waals surface area contributed by atoms with Gasteiger partial charge in [0.1, 0.15) is 16.5 Å². The lowest BCUT2D eigenvalue weighted by atomic mass is 10.2. The van der Waals surface area contributed by atoms with Crippen molar-refractivity contribution in [2.75, 3.05) is 14.2 Å². The Balaban J connectivity index is 2.25. The molecule has 0 unspecified atom stereocenters. The zero-order valence-electron chi connectivity index (χ0n) is 10.7. The third kappa shape index (κ3) is 2.04. The first-order chi connectivity index (χ1) is 9.33. The van der Waals surface area contributed by atoms with Gasteiger partial charge in [-0.15, -0.1) is 11.3 Å². The summed E-state index contributed by atoms with van der Waals surface area (Å²) in [5, 5.41) is 0.913. The standard InChI is InChI=1S/C15H13NO2S/c1-17-11-7-5-8-12(18-2)14(11)15-16-10-6-3-4-9-13(10)19-15/h3-9H,1-2H3. The topological polar surface area (TPSA) is 31.4 Å². The number of ether oxygens (including phenoxy) is 2. The molecule has 0 fully saturated rings. The van der Waals surface area contributed by atoms with Crippen molar-refractivity contribution in [1.29, 1.82) is 0 Å². The van der Waals surface area contributed by atoms with E-state index in [4.69, 9.17) is 9.47 Å². The first-order valence-corrected chi connectivity index (χ1v) is 6.72. The smallest absolute Gasteiger partial charge is 0.132 e. The van der Waals surface area contributed by atoms with Crippen LogP contribution in [-0.2, 0) is 0 Å². The summed E-state index contributed by atoms with van der Waals surface area (Å²) in [6.45, 7) is 0. The summed E-state index contributed by atoms with van der Waals surface area (Å²) in [5.74, 6) is 1.55. The number of aromatic nitrogens is 1. The summed E-state index contributed by atoms with van der Waals surface area (Å²) in [6.07, 6.45) is 0. The minimum atomic E-state index is 0.776. The van der Waals surface area contributed by atoms with E-state index in [0.717, 1.165) is 32.3 Å². The Bertz CT molecular complexity index is 666. The Kier molecular flexibility index (Phi) is 3.09. The van der Waals surface area contributed by atoms with E-state index in [-0.39, 0.29) is 0 Å². The number of hydrogen-bond donors (Lipinski definition) is 0. The van der Waals surface area contributed by atoms with Crippen molar-refractivity contribution >= 4 is 21.6 Å². The Morgan fingerprint density at radius 2 is 1.58 bits per heavy atom. The van der Waals surface area contributed by atoms with Crippen LogP contribution in [0, 0.1) is 0 Å². The molecule has 3 aromatic rings. The number of nitrogens with zero attached hydrogens (tertiary/aromatic N) is 1. The molecule has 0 aliphatic carbocycles. The van der Waals surface area contributed by atoms with E-state index >= 15 is 0 Å². The number of methoxy groups -OCH3 is 2. The van der Waals surface area contributed by atoms with Crippen LogP contribution in [0.3, 0.4) is 0 Å².